The number of methoxy groups -OCH3 is 2. The average molecular weight is 563 g/mol. The normalized spacial score (nSPS) is 16.6. The number of fused-ring (bicyclic) bond motifs is 1. The molecular formula is C25H30N4O7S2. The number of aromatic nitrogens is 2. The van der Waals surface area contributed by atoms with E-state index < -0.39 is 9.84 Å². The largest absolute Gasteiger partial charge is 0.483 e. The molecule has 2 aromatic heterocycles. The Kier molecular flexibility index (Phi) is 8.61. The number of ether oxygens (including phenoxy) is 4. The number of nitrogens with two attached hydrogens (primary N) is 1. The van der Waals surface area contributed by atoms with Gasteiger partial charge in [0.1, 0.15) is 28.4 Å². The minimum absolute atomic E-state index is 0.0290. The van der Waals surface area contributed by atoms with Gasteiger partial charge in [0.2, 0.25) is 5.91 Å². The highest BCUT2D eigenvalue weighted by Crippen LogP contribution is 2.37. The number of thioether (sulfide) groups is 1. The number of carbonyl (C=O) groups is 1. The van der Waals surface area contributed by atoms with Crippen molar-refractivity contribution in [2.45, 2.75) is 23.3 Å². The zero-order chi connectivity index (χ0) is 27.4. The first kappa shape index (κ1) is 27.9. The van der Waals surface area contributed by atoms with Gasteiger partial charge in [0.15, 0.2) is 14.9 Å². The number of aliphatic imine (C=N–C) groups is 1. The number of nitrogens with zero attached hydrogens (tertiary/aromatic N) is 2. The van der Waals surface area contributed by atoms with Crippen LogP contribution < -0.4 is 15.2 Å². The van der Waals surface area contributed by atoms with Gasteiger partial charge in [0.25, 0.3) is 0 Å². The first-order valence-electron chi connectivity index (χ1n) is 11.7. The van der Waals surface area contributed by atoms with Crippen molar-refractivity contribution in [2.24, 2.45) is 16.6 Å². The van der Waals surface area contributed by atoms with Gasteiger partial charge in [-0.05, 0) is 24.3 Å². The minimum atomic E-state index is -3.43. The molecule has 0 spiro atoms. The first-order valence-corrected chi connectivity index (χ1v) is 14.5. The van der Waals surface area contributed by atoms with Crippen LogP contribution in [0.3, 0.4) is 0 Å². The van der Waals surface area contributed by atoms with Crippen molar-refractivity contribution in [3.63, 3.8) is 0 Å². The number of pyridine rings is 1. The van der Waals surface area contributed by atoms with Crippen LogP contribution in [0.1, 0.15) is 12.6 Å². The van der Waals surface area contributed by atoms with Gasteiger partial charge in [0.05, 0.1) is 37.2 Å². The Bertz CT molecular complexity index is 1430. The quantitative estimate of drug-likeness (QED) is 0.339. The van der Waals surface area contributed by atoms with Crippen LogP contribution in [-0.2, 0) is 24.1 Å². The van der Waals surface area contributed by atoms with E-state index in [1.807, 2.05) is 19.1 Å². The molecule has 1 aliphatic heterocycles. The number of benzene rings is 1. The molecule has 13 heteroatoms. The molecule has 1 aromatic carbocycles. The van der Waals surface area contributed by atoms with Crippen molar-refractivity contribution < 1.29 is 32.2 Å². The summed E-state index contributed by atoms with van der Waals surface area (Å²) in [6.07, 6.45) is 2.06. The van der Waals surface area contributed by atoms with Crippen LogP contribution in [0, 0.1) is 5.92 Å². The fourth-order valence-corrected chi connectivity index (χ4v) is 5.60. The minimum Gasteiger partial charge on any atom is -0.483 e. The highest BCUT2D eigenvalue weighted by molar-refractivity contribution is 8.15. The molecule has 3 heterocycles. The van der Waals surface area contributed by atoms with E-state index in [2.05, 4.69) is 15.0 Å². The standard InChI is InChI=1S/C25H30N4O7S2/c1-14(24(26)30)21-11-28-25(37-21)19-8-15-7-17(35-16-5-6-22(27-10-16)38(4,31)32)9-20(23(15)29-19)36-18(12-33-2)13-34-3/h5-10,14,18,21,29H,11-13H2,1-4H3,(H2,26,30). The lowest BCUT2D eigenvalue weighted by molar-refractivity contribution is -0.121. The molecule has 0 bridgehead atoms. The van der Waals surface area contributed by atoms with Gasteiger partial charge in [0, 0.05) is 43.1 Å². The lowest BCUT2D eigenvalue weighted by Gasteiger charge is -2.19. The van der Waals surface area contributed by atoms with Crippen molar-refractivity contribution in [2.75, 3.05) is 40.2 Å². The topological polar surface area (TPSA) is 155 Å². The van der Waals surface area contributed by atoms with Crippen molar-refractivity contribution in [1.29, 1.82) is 0 Å². The number of carbonyl (C=O) groups excluding carboxylic acids is 1. The fraction of sp³-hybridized carbons (Fsp3) is 0.400. The Morgan fingerprint density at radius 1 is 1.18 bits per heavy atom. The number of nitrogens with one attached hydrogen (secondary N) is 1. The number of hydrogen-bond donors (Lipinski definition) is 2. The van der Waals surface area contributed by atoms with Gasteiger partial charge in [-0.3, -0.25) is 9.79 Å². The van der Waals surface area contributed by atoms with Crippen LogP contribution >= 0.6 is 11.8 Å². The Balaban J connectivity index is 1.67. The van der Waals surface area contributed by atoms with Crippen LogP contribution in [0.2, 0.25) is 0 Å². The fourth-order valence-electron chi connectivity index (χ4n) is 3.88. The van der Waals surface area contributed by atoms with Gasteiger partial charge in [-0.25, -0.2) is 13.4 Å². The predicted molar refractivity (Wildman–Crippen MR) is 145 cm³/mol. The second-order valence-electron chi connectivity index (χ2n) is 8.92. The molecule has 1 aliphatic rings. The van der Waals surface area contributed by atoms with E-state index in [0.717, 1.165) is 27.9 Å². The number of H-pyrrole nitrogens is 1. The third-order valence-corrected chi connectivity index (χ3v) is 8.34. The maximum Gasteiger partial charge on any atom is 0.221 e. The molecule has 0 aliphatic carbocycles. The van der Waals surface area contributed by atoms with Crippen molar-refractivity contribution >= 4 is 43.5 Å². The molecule has 0 saturated heterocycles. The molecular weight excluding hydrogens is 532 g/mol. The summed E-state index contributed by atoms with van der Waals surface area (Å²) in [6.45, 7) is 2.92. The Morgan fingerprint density at radius 3 is 2.53 bits per heavy atom. The van der Waals surface area contributed by atoms with Crippen LogP contribution in [0.25, 0.3) is 10.9 Å². The molecule has 0 radical (unpaired) electrons. The van der Waals surface area contributed by atoms with Crippen molar-refractivity contribution in [1.82, 2.24) is 9.97 Å². The smallest absolute Gasteiger partial charge is 0.221 e. The van der Waals surface area contributed by atoms with E-state index in [9.17, 15) is 13.2 Å². The summed E-state index contributed by atoms with van der Waals surface area (Å²) in [6, 6.07) is 8.43. The summed E-state index contributed by atoms with van der Waals surface area (Å²) in [7, 11) is -0.259. The molecule has 0 saturated carbocycles. The Labute approximate surface area is 225 Å². The number of aromatic amines is 1. The lowest BCUT2D eigenvalue weighted by atomic mass is 10.1. The van der Waals surface area contributed by atoms with Gasteiger partial charge >= 0.3 is 0 Å². The lowest BCUT2D eigenvalue weighted by Crippen LogP contribution is -2.30. The van der Waals surface area contributed by atoms with Gasteiger partial charge in [-0.1, -0.05) is 18.7 Å². The zero-order valence-electron chi connectivity index (χ0n) is 21.5. The first-order chi connectivity index (χ1) is 18.1. The maximum absolute atomic E-state index is 11.7. The van der Waals surface area contributed by atoms with Gasteiger partial charge in [-0.2, -0.15) is 0 Å². The maximum atomic E-state index is 11.7. The highest BCUT2D eigenvalue weighted by atomic mass is 32.2. The van der Waals surface area contributed by atoms with E-state index in [1.54, 1.807) is 26.4 Å². The molecule has 38 heavy (non-hydrogen) atoms. The SMILES string of the molecule is COCC(COC)Oc1cc(Oc2ccc(S(C)(=O)=O)nc2)cc2cc(C3=NCC(C(C)C(N)=O)S3)[nH]c12. The van der Waals surface area contributed by atoms with E-state index in [-0.39, 0.29) is 28.2 Å². The third-order valence-electron chi connectivity index (χ3n) is 5.90. The van der Waals surface area contributed by atoms with Crippen LogP contribution in [0.4, 0.5) is 0 Å². The number of hydrogen-bond acceptors (Lipinski definition) is 10. The molecule has 1 amide bonds. The molecule has 0 fully saturated rings. The number of sulfone groups is 1. The highest BCUT2D eigenvalue weighted by Gasteiger charge is 2.30. The molecule has 3 N–H and O–H groups in total. The summed E-state index contributed by atoms with van der Waals surface area (Å²) >= 11 is 1.51. The van der Waals surface area contributed by atoms with E-state index in [1.165, 1.54) is 24.0 Å². The molecule has 204 valence electrons. The summed E-state index contributed by atoms with van der Waals surface area (Å²) < 4.78 is 46.3. The molecule has 2 atom stereocenters. The summed E-state index contributed by atoms with van der Waals surface area (Å²) in [5.74, 6) is 0.671. The van der Waals surface area contributed by atoms with E-state index in [0.29, 0.717) is 37.0 Å². The summed E-state index contributed by atoms with van der Waals surface area (Å²) in [5.41, 5.74) is 6.99. The second kappa shape index (κ2) is 11.7. The van der Waals surface area contributed by atoms with Crippen LogP contribution in [-0.4, -0.2) is 80.9 Å². The van der Waals surface area contributed by atoms with Gasteiger partial charge in [-0.15, -0.1) is 0 Å². The van der Waals surface area contributed by atoms with E-state index in [4.69, 9.17) is 24.7 Å². The second-order valence-corrected chi connectivity index (χ2v) is 12.1. The van der Waals surface area contributed by atoms with Crippen molar-refractivity contribution in [3.8, 4) is 17.2 Å². The van der Waals surface area contributed by atoms with Crippen molar-refractivity contribution in [3.05, 3.63) is 42.2 Å². The summed E-state index contributed by atoms with van der Waals surface area (Å²) in [4.78, 5) is 23.6. The molecule has 4 rings (SSSR count). The number of amides is 1. The van der Waals surface area contributed by atoms with Crippen LogP contribution in [0.5, 0.6) is 17.2 Å². The molecule has 3 aromatic rings. The summed E-state index contributed by atoms with van der Waals surface area (Å²) in [5, 5.41) is 1.51. The molecule has 2 unspecified atom stereocenters. The monoisotopic (exact) mass is 562 g/mol. The number of rotatable bonds is 12. The number of primary amides is 1. The molecule has 11 nitrogen and oxygen atoms in total. The Hall–Kier alpha value is -3.13. The predicted octanol–water partition coefficient (Wildman–Crippen LogP) is 2.78. The third kappa shape index (κ3) is 6.46. The van der Waals surface area contributed by atoms with Crippen LogP contribution in [0.15, 0.2) is 46.5 Å². The Morgan fingerprint density at radius 2 is 1.92 bits per heavy atom. The van der Waals surface area contributed by atoms with Gasteiger partial charge < -0.3 is 29.7 Å². The van der Waals surface area contributed by atoms with E-state index >= 15 is 0 Å². The zero-order valence-corrected chi connectivity index (χ0v) is 23.1. The average Bonchev–Trinajstić information content (AvgIpc) is 3.51.